The Labute approximate surface area is 121 Å². The predicted octanol–water partition coefficient (Wildman–Crippen LogP) is 2.51. The normalized spacial score (nSPS) is 15.6. The van der Waals surface area contributed by atoms with Crippen LogP contribution in [0.15, 0.2) is 24.3 Å². The van der Waals surface area contributed by atoms with Gasteiger partial charge in [0.25, 0.3) is 0 Å². The number of amides is 2. The van der Waals surface area contributed by atoms with Crippen LogP contribution in [0.2, 0.25) is 0 Å². The van der Waals surface area contributed by atoms with Crippen LogP contribution in [-0.2, 0) is 0 Å². The molecule has 0 saturated carbocycles. The maximum absolute atomic E-state index is 11.7. The molecule has 0 aromatic heterocycles. The number of halogens is 1. The molecule has 0 radical (unpaired) electrons. The van der Waals surface area contributed by atoms with Gasteiger partial charge in [0.15, 0.2) is 0 Å². The van der Waals surface area contributed by atoms with E-state index in [4.69, 9.17) is 0 Å². The van der Waals surface area contributed by atoms with Crippen molar-refractivity contribution in [3.63, 3.8) is 0 Å². The number of hydrogen-bond acceptors (Lipinski definition) is 2. The topological polar surface area (TPSA) is 44.4 Å². The van der Waals surface area contributed by atoms with E-state index in [2.05, 4.69) is 38.1 Å². The molecule has 1 aliphatic rings. The van der Waals surface area contributed by atoms with Gasteiger partial charge in [-0.1, -0.05) is 6.07 Å². The summed E-state index contributed by atoms with van der Waals surface area (Å²) in [6, 6.07) is 7.64. The van der Waals surface area contributed by atoms with Crippen molar-refractivity contribution in [1.82, 2.24) is 10.2 Å². The predicted molar refractivity (Wildman–Crippen MR) is 81.9 cm³/mol. The number of hydrogen-bond donors (Lipinski definition) is 2. The average Bonchev–Trinajstić information content (AvgIpc) is 2.82. The fourth-order valence-electron chi connectivity index (χ4n) is 2.08. The van der Waals surface area contributed by atoms with Gasteiger partial charge >= 0.3 is 6.03 Å². The summed E-state index contributed by atoms with van der Waals surface area (Å²) in [5, 5.41) is 5.72. The van der Waals surface area contributed by atoms with Crippen LogP contribution >= 0.6 is 22.6 Å². The molecule has 0 spiro atoms. The van der Waals surface area contributed by atoms with Crippen molar-refractivity contribution in [3.05, 3.63) is 27.8 Å². The quantitative estimate of drug-likeness (QED) is 0.812. The smallest absolute Gasteiger partial charge is 0.319 e. The number of anilines is 1. The molecular formula is C13H18IN3O. The zero-order chi connectivity index (χ0) is 12.8. The highest BCUT2D eigenvalue weighted by molar-refractivity contribution is 14.1. The molecule has 5 heteroatoms. The molecule has 1 aromatic carbocycles. The summed E-state index contributed by atoms with van der Waals surface area (Å²) in [7, 11) is 0. The standard InChI is InChI=1S/C13H18IN3O/c14-11-4-3-5-12(10-11)16-13(18)15-6-9-17-7-1-2-8-17/h3-5,10H,1-2,6-9H2,(H2,15,16,18). The molecule has 1 heterocycles. The minimum absolute atomic E-state index is 0.129. The maximum atomic E-state index is 11.7. The fourth-order valence-corrected chi connectivity index (χ4v) is 2.62. The molecule has 1 aliphatic heterocycles. The number of rotatable bonds is 4. The third-order valence-corrected chi connectivity index (χ3v) is 3.67. The third kappa shape index (κ3) is 4.45. The summed E-state index contributed by atoms with van der Waals surface area (Å²) in [6.07, 6.45) is 2.57. The Morgan fingerprint density at radius 3 is 2.83 bits per heavy atom. The Morgan fingerprint density at radius 1 is 1.33 bits per heavy atom. The number of carbonyl (C=O) groups excluding carboxylic acids is 1. The van der Waals surface area contributed by atoms with Crippen molar-refractivity contribution in [2.45, 2.75) is 12.8 Å². The second-order valence-electron chi connectivity index (χ2n) is 4.44. The monoisotopic (exact) mass is 359 g/mol. The fraction of sp³-hybridized carbons (Fsp3) is 0.462. The number of nitrogens with one attached hydrogen (secondary N) is 2. The molecule has 0 atom stereocenters. The molecule has 0 aliphatic carbocycles. The van der Waals surface area contributed by atoms with E-state index in [1.807, 2.05) is 24.3 Å². The molecule has 0 bridgehead atoms. The second-order valence-corrected chi connectivity index (χ2v) is 5.69. The van der Waals surface area contributed by atoms with Gasteiger partial charge in [-0.05, 0) is 66.7 Å². The Kier molecular flexibility index (Phi) is 5.25. The van der Waals surface area contributed by atoms with E-state index in [-0.39, 0.29) is 6.03 Å². The molecule has 4 nitrogen and oxygen atoms in total. The van der Waals surface area contributed by atoms with Gasteiger partial charge in [-0.25, -0.2) is 4.79 Å². The third-order valence-electron chi connectivity index (χ3n) is 2.99. The summed E-state index contributed by atoms with van der Waals surface area (Å²) in [4.78, 5) is 14.0. The SMILES string of the molecule is O=C(NCCN1CCCC1)Nc1cccc(I)c1. The first-order valence-electron chi connectivity index (χ1n) is 6.27. The van der Waals surface area contributed by atoms with Crippen LogP contribution in [0.25, 0.3) is 0 Å². The van der Waals surface area contributed by atoms with Crippen LogP contribution in [0.4, 0.5) is 10.5 Å². The van der Waals surface area contributed by atoms with Gasteiger partial charge < -0.3 is 15.5 Å². The van der Waals surface area contributed by atoms with Gasteiger partial charge in [-0.2, -0.15) is 0 Å². The Bertz CT molecular complexity index is 405. The Morgan fingerprint density at radius 2 is 2.11 bits per heavy atom. The number of nitrogens with zero attached hydrogens (tertiary/aromatic N) is 1. The van der Waals surface area contributed by atoms with Crippen LogP contribution in [0.3, 0.4) is 0 Å². The molecule has 1 saturated heterocycles. The van der Waals surface area contributed by atoms with Crippen molar-refractivity contribution in [2.24, 2.45) is 0 Å². The van der Waals surface area contributed by atoms with Crippen molar-refractivity contribution in [1.29, 1.82) is 0 Å². The number of benzene rings is 1. The van der Waals surface area contributed by atoms with E-state index < -0.39 is 0 Å². The van der Waals surface area contributed by atoms with Crippen LogP contribution in [0.5, 0.6) is 0 Å². The minimum atomic E-state index is -0.129. The Balaban J connectivity index is 1.68. The second kappa shape index (κ2) is 6.94. The highest BCUT2D eigenvalue weighted by Crippen LogP contribution is 2.12. The molecule has 2 N–H and O–H groups in total. The van der Waals surface area contributed by atoms with Gasteiger partial charge in [0, 0.05) is 22.3 Å². The van der Waals surface area contributed by atoms with E-state index >= 15 is 0 Å². The summed E-state index contributed by atoms with van der Waals surface area (Å²) >= 11 is 2.23. The maximum Gasteiger partial charge on any atom is 0.319 e. The summed E-state index contributed by atoms with van der Waals surface area (Å²) in [6.45, 7) is 3.98. The van der Waals surface area contributed by atoms with Crippen molar-refractivity contribution >= 4 is 34.3 Å². The number of likely N-dealkylation sites (tertiary alicyclic amines) is 1. The first kappa shape index (κ1) is 13.6. The molecule has 18 heavy (non-hydrogen) atoms. The van der Waals surface area contributed by atoms with Crippen LogP contribution < -0.4 is 10.6 Å². The lowest BCUT2D eigenvalue weighted by Crippen LogP contribution is -2.35. The van der Waals surface area contributed by atoms with Crippen LogP contribution in [-0.4, -0.2) is 37.1 Å². The van der Waals surface area contributed by atoms with E-state index in [0.717, 1.165) is 15.8 Å². The largest absolute Gasteiger partial charge is 0.337 e. The lowest BCUT2D eigenvalue weighted by atomic mass is 10.3. The highest BCUT2D eigenvalue weighted by atomic mass is 127. The van der Waals surface area contributed by atoms with Crippen LogP contribution in [0.1, 0.15) is 12.8 Å². The van der Waals surface area contributed by atoms with Gasteiger partial charge in [0.2, 0.25) is 0 Å². The van der Waals surface area contributed by atoms with Crippen molar-refractivity contribution < 1.29 is 4.79 Å². The molecular weight excluding hydrogens is 341 g/mol. The first-order valence-corrected chi connectivity index (χ1v) is 7.35. The molecule has 2 amide bonds. The van der Waals surface area contributed by atoms with Gasteiger partial charge in [-0.15, -0.1) is 0 Å². The zero-order valence-electron chi connectivity index (χ0n) is 10.3. The average molecular weight is 359 g/mol. The molecule has 98 valence electrons. The van der Waals surface area contributed by atoms with Gasteiger partial charge in [0.05, 0.1) is 0 Å². The summed E-state index contributed by atoms with van der Waals surface area (Å²) in [5.41, 5.74) is 0.834. The summed E-state index contributed by atoms with van der Waals surface area (Å²) < 4.78 is 1.11. The number of urea groups is 1. The first-order chi connectivity index (χ1) is 8.74. The minimum Gasteiger partial charge on any atom is -0.337 e. The summed E-state index contributed by atoms with van der Waals surface area (Å²) in [5.74, 6) is 0. The van der Waals surface area contributed by atoms with Crippen molar-refractivity contribution in [3.8, 4) is 0 Å². The van der Waals surface area contributed by atoms with E-state index in [9.17, 15) is 4.79 Å². The zero-order valence-corrected chi connectivity index (χ0v) is 12.4. The Hall–Kier alpha value is -0.820. The van der Waals surface area contributed by atoms with E-state index in [0.29, 0.717) is 6.54 Å². The lowest BCUT2D eigenvalue weighted by molar-refractivity contribution is 0.249. The van der Waals surface area contributed by atoms with Crippen LogP contribution in [0, 0.1) is 3.57 Å². The molecule has 0 unspecified atom stereocenters. The van der Waals surface area contributed by atoms with E-state index in [1.54, 1.807) is 0 Å². The van der Waals surface area contributed by atoms with E-state index in [1.165, 1.54) is 25.9 Å². The number of carbonyl (C=O) groups is 1. The van der Waals surface area contributed by atoms with Crippen molar-refractivity contribution in [2.75, 3.05) is 31.5 Å². The van der Waals surface area contributed by atoms with Gasteiger partial charge in [0.1, 0.15) is 0 Å². The molecule has 1 fully saturated rings. The van der Waals surface area contributed by atoms with Gasteiger partial charge in [-0.3, -0.25) is 0 Å². The molecule has 2 rings (SSSR count). The molecule has 1 aromatic rings. The lowest BCUT2D eigenvalue weighted by Gasteiger charge is -2.15. The highest BCUT2D eigenvalue weighted by Gasteiger charge is 2.10.